The number of hydrogen-bond acceptors (Lipinski definition) is 3. The van der Waals surface area contributed by atoms with Crippen molar-refractivity contribution in [2.24, 2.45) is 0 Å². The first-order valence-electron chi connectivity index (χ1n) is 7.18. The normalized spacial score (nSPS) is 19.9. The summed E-state index contributed by atoms with van der Waals surface area (Å²) in [5, 5.41) is 3.74. The van der Waals surface area contributed by atoms with Gasteiger partial charge in [-0.3, -0.25) is 4.98 Å². The first-order valence-corrected chi connectivity index (χ1v) is 7.18. The summed E-state index contributed by atoms with van der Waals surface area (Å²) in [5.41, 5.74) is 1.33. The Hall–Kier alpha value is -0.930. The van der Waals surface area contributed by atoms with Gasteiger partial charge in [-0.25, -0.2) is 0 Å². The molecule has 0 radical (unpaired) electrons. The Labute approximate surface area is 111 Å². The molecule has 1 aromatic heterocycles. The number of nitrogens with one attached hydrogen (secondary N) is 1. The van der Waals surface area contributed by atoms with Crippen molar-refractivity contribution in [3.8, 4) is 0 Å². The zero-order valence-corrected chi connectivity index (χ0v) is 11.6. The van der Waals surface area contributed by atoms with Crippen molar-refractivity contribution in [3.05, 3.63) is 30.1 Å². The second kappa shape index (κ2) is 6.86. The number of likely N-dealkylation sites (tertiary alicyclic amines) is 1. The van der Waals surface area contributed by atoms with Crippen molar-refractivity contribution < 1.29 is 0 Å². The molecule has 0 spiro atoms. The topological polar surface area (TPSA) is 28.2 Å². The van der Waals surface area contributed by atoms with Crippen molar-refractivity contribution in [2.75, 3.05) is 19.6 Å². The molecule has 100 valence electrons. The van der Waals surface area contributed by atoms with E-state index in [-0.39, 0.29) is 0 Å². The Morgan fingerprint density at radius 2 is 2.00 bits per heavy atom. The van der Waals surface area contributed by atoms with Crippen LogP contribution < -0.4 is 5.32 Å². The van der Waals surface area contributed by atoms with Gasteiger partial charge in [0.1, 0.15) is 0 Å². The minimum atomic E-state index is 0.427. The van der Waals surface area contributed by atoms with Crippen molar-refractivity contribution in [2.45, 2.75) is 45.2 Å². The third-order valence-electron chi connectivity index (χ3n) is 3.82. The van der Waals surface area contributed by atoms with Crippen LogP contribution in [0.2, 0.25) is 0 Å². The quantitative estimate of drug-likeness (QED) is 0.867. The Balaban J connectivity index is 1.78. The molecule has 0 aromatic carbocycles. The lowest BCUT2D eigenvalue weighted by Crippen LogP contribution is -2.43. The SMILES string of the molecule is CCCN1CCC(N[C@@H](C)c2ccncc2)CC1. The molecule has 0 amide bonds. The van der Waals surface area contributed by atoms with Crippen molar-refractivity contribution >= 4 is 0 Å². The Kier molecular flexibility index (Phi) is 5.14. The molecule has 18 heavy (non-hydrogen) atoms. The summed E-state index contributed by atoms with van der Waals surface area (Å²) in [6.07, 6.45) is 7.56. The molecule has 1 aromatic rings. The molecule has 1 N–H and O–H groups in total. The van der Waals surface area contributed by atoms with Gasteiger partial charge in [-0.15, -0.1) is 0 Å². The zero-order chi connectivity index (χ0) is 12.8. The van der Waals surface area contributed by atoms with Gasteiger partial charge in [0, 0.05) is 24.5 Å². The van der Waals surface area contributed by atoms with Crippen LogP contribution in [-0.4, -0.2) is 35.6 Å². The molecule has 1 fully saturated rings. The summed E-state index contributed by atoms with van der Waals surface area (Å²) in [5.74, 6) is 0. The minimum absolute atomic E-state index is 0.427. The monoisotopic (exact) mass is 247 g/mol. The lowest BCUT2D eigenvalue weighted by Gasteiger charge is -2.33. The van der Waals surface area contributed by atoms with Crippen LogP contribution in [0.3, 0.4) is 0 Å². The smallest absolute Gasteiger partial charge is 0.0295 e. The molecule has 0 bridgehead atoms. The van der Waals surface area contributed by atoms with Crippen LogP contribution >= 0.6 is 0 Å². The number of rotatable bonds is 5. The Morgan fingerprint density at radius 1 is 1.33 bits per heavy atom. The van der Waals surface area contributed by atoms with Crippen LogP contribution in [-0.2, 0) is 0 Å². The summed E-state index contributed by atoms with van der Waals surface area (Å²) in [6, 6.07) is 5.30. The van der Waals surface area contributed by atoms with Gasteiger partial charge >= 0.3 is 0 Å². The maximum Gasteiger partial charge on any atom is 0.0295 e. The summed E-state index contributed by atoms with van der Waals surface area (Å²) < 4.78 is 0. The second-order valence-electron chi connectivity index (χ2n) is 5.28. The first kappa shape index (κ1) is 13.5. The van der Waals surface area contributed by atoms with E-state index in [1.54, 1.807) is 0 Å². The van der Waals surface area contributed by atoms with Gasteiger partial charge in [0.05, 0.1) is 0 Å². The highest BCUT2D eigenvalue weighted by Gasteiger charge is 2.20. The van der Waals surface area contributed by atoms with E-state index in [2.05, 4.69) is 41.2 Å². The average Bonchev–Trinajstić information content (AvgIpc) is 2.42. The fourth-order valence-corrected chi connectivity index (χ4v) is 2.74. The van der Waals surface area contributed by atoms with E-state index < -0.39 is 0 Å². The molecule has 1 saturated heterocycles. The van der Waals surface area contributed by atoms with E-state index >= 15 is 0 Å². The van der Waals surface area contributed by atoms with Gasteiger partial charge in [0.15, 0.2) is 0 Å². The fourth-order valence-electron chi connectivity index (χ4n) is 2.74. The molecule has 2 rings (SSSR count). The van der Waals surface area contributed by atoms with Crippen molar-refractivity contribution in [3.63, 3.8) is 0 Å². The highest BCUT2D eigenvalue weighted by Crippen LogP contribution is 2.16. The van der Waals surface area contributed by atoms with Gasteiger partial charge in [-0.2, -0.15) is 0 Å². The molecule has 1 aliphatic heterocycles. The molecule has 0 unspecified atom stereocenters. The molecule has 1 aliphatic rings. The standard InChI is InChI=1S/C15H25N3/c1-3-10-18-11-6-15(7-12-18)17-13(2)14-4-8-16-9-5-14/h4-5,8-9,13,15,17H,3,6-7,10-12H2,1-2H3/t13-/m0/s1. The average molecular weight is 247 g/mol. The molecule has 3 heteroatoms. The Morgan fingerprint density at radius 3 is 2.61 bits per heavy atom. The molecule has 3 nitrogen and oxygen atoms in total. The highest BCUT2D eigenvalue weighted by atomic mass is 15.1. The number of nitrogens with zero attached hydrogens (tertiary/aromatic N) is 2. The summed E-state index contributed by atoms with van der Waals surface area (Å²) in [7, 11) is 0. The second-order valence-corrected chi connectivity index (χ2v) is 5.28. The van der Waals surface area contributed by atoms with E-state index in [9.17, 15) is 0 Å². The summed E-state index contributed by atoms with van der Waals surface area (Å²) >= 11 is 0. The largest absolute Gasteiger partial charge is 0.307 e. The number of pyridine rings is 1. The minimum Gasteiger partial charge on any atom is -0.307 e. The lowest BCUT2D eigenvalue weighted by molar-refractivity contribution is 0.192. The van der Waals surface area contributed by atoms with Crippen molar-refractivity contribution in [1.82, 2.24) is 15.2 Å². The van der Waals surface area contributed by atoms with Gasteiger partial charge in [-0.1, -0.05) is 6.92 Å². The molecular formula is C15H25N3. The van der Waals surface area contributed by atoms with Gasteiger partial charge < -0.3 is 10.2 Å². The van der Waals surface area contributed by atoms with Gasteiger partial charge in [0.25, 0.3) is 0 Å². The predicted octanol–water partition coefficient (Wildman–Crippen LogP) is 2.61. The van der Waals surface area contributed by atoms with E-state index in [0.29, 0.717) is 12.1 Å². The molecule has 1 atom stereocenters. The third-order valence-corrected chi connectivity index (χ3v) is 3.82. The fraction of sp³-hybridized carbons (Fsp3) is 0.667. The zero-order valence-electron chi connectivity index (χ0n) is 11.6. The highest BCUT2D eigenvalue weighted by molar-refractivity contribution is 5.14. The van der Waals surface area contributed by atoms with E-state index in [1.807, 2.05) is 12.4 Å². The van der Waals surface area contributed by atoms with Gasteiger partial charge in [0.2, 0.25) is 0 Å². The molecular weight excluding hydrogens is 222 g/mol. The van der Waals surface area contributed by atoms with Crippen LogP contribution in [0.1, 0.15) is 44.7 Å². The predicted molar refractivity (Wildman–Crippen MR) is 75.5 cm³/mol. The van der Waals surface area contributed by atoms with Crippen molar-refractivity contribution in [1.29, 1.82) is 0 Å². The van der Waals surface area contributed by atoms with Crippen LogP contribution in [0.25, 0.3) is 0 Å². The number of hydrogen-bond donors (Lipinski definition) is 1. The Bertz CT molecular complexity index is 331. The summed E-state index contributed by atoms with van der Waals surface area (Å²) in [4.78, 5) is 6.65. The number of aromatic nitrogens is 1. The molecule has 0 saturated carbocycles. The third kappa shape index (κ3) is 3.79. The van der Waals surface area contributed by atoms with Crippen LogP contribution in [0, 0.1) is 0 Å². The first-order chi connectivity index (χ1) is 8.79. The van der Waals surface area contributed by atoms with E-state index in [4.69, 9.17) is 0 Å². The maximum absolute atomic E-state index is 4.07. The van der Waals surface area contributed by atoms with Crippen LogP contribution in [0.5, 0.6) is 0 Å². The van der Waals surface area contributed by atoms with E-state index in [1.165, 1.54) is 44.5 Å². The maximum atomic E-state index is 4.07. The van der Waals surface area contributed by atoms with Crippen LogP contribution in [0.4, 0.5) is 0 Å². The summed E-state index contributed by atoms with van der Waals surface area (Å²) in [6.45, 7) is 8.25. The molecule has 2 heterocycles. The molecule has 0 aliphatic carbocycles. The lowest BCUT2D eigenvalue weighted by atomic mass is 10.0. The van der Waals surface area contributed by atoms with Crippen LogP contribution in [0.15, 0.2) is 24.5 Å². The number of piperidine rings is 1. The van der Waals surface area contributed by atoms with Gasteiger partial charge in [-0.05, 0) is 63.5 Å². The van der Waals surface area contributed by atoms with E-state index in [0.717, 1.165) is 0 Å².